The van der Waals surface area contributed by atoms with Crippen LogP contribution < -0.4 is 5.73 Å². The summed E-state index contributed by atoms with van der Waals surface area (Å²) in [6.45, 7) is 0. The van der Waals surface area contributed by atoms with Crippen LogP contribution in [0.3, 0.4) is 0 Å². The number of hydrogen-bond donors (Lipinski definition) is 1. The molecule has 1 atom stereocenters. The number of fused-ring (bicyclic) bond motifs is 1. The van der Waals surface area contributed by atoms with Crippen LogP contribution in [0.4, 0.5) is 0 Å². The standard InChI is InChI=1S/C14H17NOS/c15-12(7-10-5-6-16-9-10)14-8-11-3-1-2-4-13(11)17-14/h5-6,8-9,12H,1-4,7,15H2. The summed E-state index contributed by atoms with van der Waals surface area (Å²) in [5, 5.41) is 0. The SMILES string of the molecule is NC(Cc1ccoc1)c1cc2c(s1)CCCC2. The van der Waals surface area contributed by atoms with Gasteiger partial charge in [-0.3, -0.25) is 0 Å². The van der Waals surface area contributed by atoms with E-state index >= 15 is 0 Å². The fourth-order valence-corrected chi connectivity index (χ4v) is 3.72. The molecule has 0 aromatic carbocycles. The third kappa shape index (κ3) is 2.31. The number of nitrogens with two attached hydrogens (primary N) is 1. The van der Waals surface area contributed by atoms with Crippen molar-refractivity contribution in [3.8, 4) is 0 Å². The van der Waals surface area contributed by atoms with Gasteiger partial charge in [0, 0.05) is 15.8 Å². The third-order valence-electron chi connectivity index (χ3n) is 3.42. The van der Waals surface area contributed by atoms with Gasteiger partial charge in [0.25, 0.3) is 0 Å². The molecule has 0 bridgehead atoms. The first-order valence-electron chi connectivity index (χ1n) is 6.21. The van der Waals surface area contributed by atoms with Gasteiger partial charge in [-0.2, -0.15) is 0 Å². The molecule has 3 rings (SSSR count). The van der Waals surface area contributed by atoms with Crippen molar-refractivity contribution in [3.63, 3.8) is 0 Å². The Morgan fingerprint density at radius 1 is 1.35 bits per heavy atom. The highest BCUT2D eigenvalue weighted by Crippen LogP contribution is 2.33. The molecule has 2 nitrogen and oxygen atoms in total. The van der Waals surface area contributed by atoms with Gasteiger partial charge < -0.3 is 10.2 Å². The average molecular weight is 247 g/mol. The van der Waals surface area contributed by atoms with E-state index in [2.05, 4.69) is 6.07 Å². The molecule has 2 aromatic heterocycles. The van der Waals surface area contributed by atoms with E-state index in [1.165, 1.54) is 36.1 Å². The van der Waals surface area contributed by atoms with Crippen molar-refractivity contribution < 1.29 is 4.42 Å². The summed E-state index contributed by atoms with van der Waals surface area (Å²) in [6.07, 6.45) is 9.53. The molecule has 17 heavy (non-hydrogen) atoms. The van der Waals surface area contributed by atoms with Crippen LogP contribution in [0.15, 0.2) is 29.1 Å². The minimum absolute atomic E-state index is 0.114. The van der Waals surface area contributed by atoms with Crippen molar-refractivity contribution in [3.05, 3.63) is 45.5 Å². The molecular weight excluding hydrogens is 230 g/mol. The van der Waals surface area contributed by atoms with Gasteiger partial charge in [-0.1, -0.05) is 0 Å². The van der Waals surface area contributed by atoms with Crippen molar-refractivity contribution in [2.45, 2.75) is 38.1 Å². The summed E-state index contributed by atoms with van der Waals surface area (Å²) >= 11 is 1.91. The van der Waals surface area contributed by atoms with E-state index in [0.717, 1.165) is 6.42 Å². The van der Waals surface area contributed by atoms with Gasteiger partial charge in [0.2, 0.25) is 0 Å². The molecule has 90 valence electrons. The minimum Gasteiger partial charge on any atom is -0.472 e. The van der Waals surface area contributed by atoms with E-state index in [1.54, 1.807) is 23.0 Å². The van der Waals surface area contributed by atoms with Gasteiger partial charge in [-0.05, 0) is 55.4 Å². The highest BCUT2D eigenvalue weighted by Gasteiger charge is 2.17. The Morgan fingerprint density at radius 2 is 2.24 bits per heavy atom. The minimum atomic E-state index is 0.114. The van der Waals surface area contributed by atoms with Gasteiger partial charge >= 0.3 is 0 Å². The Morgan fingerprint density at radius 3 is 3.00 bits per heavy atom. The first-order chi connectivity index (χ1) is 8.33. The molecular formula is C14H17NOS. The summed E-state index contributed by atoms with van der Waals surface area (Å²) < 4.78 is 5.08. The van der Waals surface area contributed by atoms with Gasteiger partial charge in [-0.25, -0.2) is 0 Å². The van der Waals surface area contributed by atoms with E-state index in [-0.39, 0.29) is 6.04 Å². The van der Waals surface area contributed by atoms with E-state index < -0.39 is 0 Å². The smallest absolute Gasteiger partial charge is 0.0935 e. The molecule has 0 amide bonds. The Bertz CT molecular complexity index is 463. The Hall–Kier alpha value is -1.06. The molecule has 0 aliphatic heterocycles. The molecule has 2 heterocycles. The third-order valence-corrected chi connectivity index (χ3v) is 4.79. The second kappa shape index (κ2) is 4.67. The molecule has 0 saturated carbocycles. The lowest BCUT2D eigenvalue weighted by atomic mass is 9.98. The Balaban J connectivity index is 1.77. The molecule has 0 radical (unpaired) electrons. The van der Waals surface area contributed by atoms with E-state index in [9.17, 15) is 0 Å². The van der Waals surface area contributed by atoms with Crippen molar-refractivity contribution in [1.29, 1.82) is 0 Å². The molecule has 2 aromatic rings. The van der Waals surface area contributed by atoms with Crippen molar-refractivity contribution >= 4 is 11.3 Å². The van der Waals surface area contributed by atoms with Gasteiger partial charge in [-0.15, -0.1) is 11.3 Å². The van der Waals surface area contributed by atoms with Crippen LogP contribution in [-0.4, -0.2) is 0 Å². The fourth-order valence-electron chi connectivity index (χ4n) is 2.46. The summed E-state index contributed by atoms with van der Waals surface area (Å²) in [5.41, 5.74) is 8.99. The van der Waals surface area contributed by atoms with Gasteiger partial charge in [0.1, 0.15) is 0 Å². The summed E-state index contributed by atoms with van der Waals surface area (Å²) in [4.78, 5) is 2.90. The molecule has 0 saturated heterocycles. The predicted octanol–water partition coefficient (Wildman–Crippen LogP) is 3.46. The van der Waals surface area contributed by atoms with Crippen LogP contribution >= 0.6 is 11.3 Å². The topological polar surface area (TPSA) is 39.2 Å². The maximum absolute atomic E-state index is 6.27. The van der Waals surface area contributed by atoms with E-state index in [4.69, 9.17) is 10.2 Å². The van der Waals surface area contributed by atoms with Crippen LogP contribution in [0.2, 0.25) is 0 Å². The Kier molecular flexibility index (Phi) is 3.04. The number of thiophene rings is 1. The highest BCUT2D eigenvalue weighted by atomic mass is 32.1. The molecule has 0 spiro atoms. The van der Waals surface area contributed by atoms with Crippen LogP contribution in [0.25, 0.3) is 0 Å². The summed E-state index contributed by atoms with van der Waals surface area (Å²) in [6, 6.07) is 4.43. The van der Waals surface area contributed by atoms with Crippen molar-refractivity contribution in [1.82, 2.24) is 0 Å². The van der Waals surface area contributed by atoms with Crippen molar-refractivity contribution in [2.75, 3.05) is 0 Å². The lowest BCUT2D eigenvalue weighted by Gasteiger charge is -2.08. The predicted molar refractivity (Wildman–Crippen MR) is 70.3 cm³/mol. The molecule has 1 aliphatic rings. The highest BCUT2D eigenvalue weighted by molar-refractivity contribution is 7.12. The number of rotatable bonds is 3. The van der Waals surface area contributed by atoms with Crippen molar-refractivity contribution in [2.24, 2.45) is 5.73 Å². The lowest BCUT2D eigenvalue weighted by Crippen LogP contribution is -2.11. The summed E-state index contributed by atoms with van der Waals surface area (Å²) in [7, 11) is 0. The van der Waals surface area contributed by atoms with Crippen LogP contribution in [0, 0.1) is 0 Å². The first kappa shape index (κ1) is 11.1. The number of hydrogen-bond acceptors (Lipinski definition) is 3. The fraction of sp³-hybridized carbons (Fsp3) is 0.429. The first-order valence-corrected chi connectivity index (χ1v) is 7.03. The summed E-state index contributed by atoms with van der Waals surface area (Å²) in [5.74, 6) is 0. The second-order valence-corrected chi connectivity index (χ2v) is 5.91. The molecule has 3 heteroatoms. The van der Waals surface area contributed by atoms with Gasteiger partial charge in [0.05, 0.1) is 12.5 Å². The number of aryl methyl sites for hydroxylation is 2. The second-order valence-electron chi connectivity index (χ2n) is 4.75. The average Bonchev–Trinajstić information content (AvgIpc) is 2.96. The molecule has 2 N–H and O–H groups in total. The largest absolute Gasteiger partial charge is 0.472 e. The van der Waals surface area contributed by atoms with Gasteiger partial charge in [0.15, 0.2) is 0 Å². The lowest BCUT2D eigenvalue weighted by molar-refractivity contribution is 0.561. The van der Waals surface area contributed by atoms with E-state index in [1.807, 2.05) is 17.4 Å². The maximum atomic E-state index is 6.27. The van der Waals surface area contributed by atoms with Crippen LogP contribution in [0.5, 0.6) is 0 Å². The van der Waals surface area contributed by atoms with Crippen LogP contribution in [-0.2, 0) is 19.3 Å². The molecule has 1 unspecified atom stereocenters. The molecule has 0 fully saturated rings. The maximum Gasteiger partial charge on any atom is 0.0935 e. The zero-order valence-electron chi connectivity index (χ0n) is 9.82. The monoisotopic (exact) mass is 247 g/mol. The Labute approximate surface area is 105 Å². The quantitative estimate of drug-likeness (QED) is 0.902. The normalized spacial score (nSPS) is 16.8. The van der Waals surface area contributed by atoms with E-state index in [0.29, 0.717) is 0 Å². The van der Waals surface area contributed by atoms with Crippen LogP contribution in [0.1, 0.15) is 39.8 Å². The zero-order chi connectivity index (χ0) is 11.7. The zero-order valence-corrected chi connectivity index (χ0v) is 10.6. The number of furan rings is 1. The molecule has 1 aliphatic carbocycles.